The number of benzene rings is 2. The highest BCUT2D eigenvalue weighted by Gasteiger charge is 2.33. The average Bonchev–Trinajstić information content (AvgIpc) is 3.52. The number of nitrogens with zero attached hydrogens (tertiary/aromatic N) is 2. The number of thiazole rings is 1. The molecule has 1 saturated heterocycles. The number of aliphatic carboxylic acids is 1. The topological polar surface area (TPSA) is 70.5 Å². The molecule has 2 aliphatic rings. The molecule has 8 heteroatoms. The fraction of sp³-hybridized carbons (Fsp3) is 0.214. The van der Waals surface area contributed by atoms with Crippen molar-refractivity contribution in [2.45, 2.75) is 32.1 Å². The lowest BCUT2D eigenvalue weighted by Gasteiger charge is -2.13. The first-order valence-corrected chi connectivity index (χ1v) is 13.8. The predicted octanol–water partition coefficient (Wildman–Crippen LogP) is 6.88. The molecule has 1 amide bonds. The van der Waals surface area contributed by atoms with Gasteiger partial charge in [0.1, 0.15) is 9.33 Å². The molecule has 3 aromatic rings. The lowest BCUT2D eigenvalue weighted by molar-refractivity contribution is -0.137. The summed E-state index contributed by atoms with van der Waals surface area (Å²) < 4.78 is 1.59. The van der Waals surface area contributed by atoms with Crippen LogP contribution in [0.1, 0.15) is 48.2 Å². The first-order chi connectivity index (χ1) is 17.5. The number of para-hydroxylation sites is 1. The van der Waals surface area contributed by atoms with E-state index in [1.807, 2.05) is 18.2 Å². The van der Waals surface area contributed by atoms with Crippen molar-refractivity contribution in [1.82, 2.24) is 9.88 Å². The highest BCUT2D eigenvalue weighted by atomic mass is 32.2. The lowest BCUT2D eigenvalue weighted by Crippen LogP contribution is -2.30. The Bertz CT molecular complexity index is 1430. The third-order valence-electron chi connectivity index (χ3n) is 6.39. The van der Waals surface area contributed by atoms with Crippen molar-refractivity contribution >= 4 is 72.9 Å². The first-order valence-electron chi connectivity index (χ1n) is 11.8. The van der Waals surface area contributed by atoms with Crippen molar-refractivity contribution in [3.63, 3.8) is 0 Å². The van der Waals surface area contributed by atoms with Gasteiger partial charge in [0.15, 0.2) is 0 Å². The smallest absolute Gasteiger partial charge is 0.305 e. The number of carboxylic acids is 1. The lowest BCUT2D eigenvalue weighted by atomic mass is 9.92. The van der Waals surface area contributed by atoms with Crippen molar-refractivity contribution < 1.29 is 14.7 Å². The summed E-state index contributed by atoms with van der Waals surface area (Å²) >= 11 is 8.23. The van der Waals surface area contributed by atoms with E-state index in [0.29, 0.717) is 9.23 Å². The molecule has 1 unspecified atom stereocenters. The second kappa shape index (κ2) is 10.5. The van der Waals surface area contributed by atoms with Crippen molar-refractivity contribution in [3.05, 3.63) is 87.8 Å². The standard InChI is InChI=1S/C28H24N2O3S3/c1-2-17-18-9-3-4-10-19(18)20(25(17)26-29-21-12-6-8-13-22(21)35-26)11-5-7-14-23-27(33)30(28(34)36-23)16-15-24(31)32/h3-10,12-14,20H,2,11,15-16H2,1H3,(H,31,32). The van der Waals surface area contributed by atoms with Crippen molar-refractivity contribution in [3.8, 4) is 0 Å². The van der Waals surface area contributed by atoms with Crippen LogP contribution in [0, 0.1) is 0 Å². The maximum Gasteiger partial charge on any atom is 0.305 e. The number of thioether (sulfide) groups is 1. The highest BCUT2D eigenvalue weighted by Crippen LogP contribution is 2.51. The summed E-state index contributed by atoms with van der Waals surface area (Å²) in [7, 11) is 0. The average molecular weight is 533 g/mol. The van der Waals surface area contributed by atoms with Gasteiger partial charge in [0.25, 0.3) is 5.91 Å². The number of thiocarbonyl (C=S) groups is 1. The summed E-state index contributed by atoms with van der Waals surface area (Å²) in [5.74, 6) is -0.995. The number of hydrogen-bond acceptors (Lipinski definition) is 6. The SMILES string of the molecule is CCC1=C(c2nc3ccccc3s2)C(CC=CC=C2SC(=S)N(CCC(=O)O)C2=O)c2ccccc21. The van der Waals surface area contributed by atoms with Gasteiger partial charge in [0.2, 0.25) is 0 Å². The third-order valence-corrected chi connectivity index (χ3v) is 8.86. The van der Waals surface area contributed by atoms with Crippen LogP contribution < -0.4 is 0 Å². The van der Waals surface area contributed by atoms with E-state index in [1.165, 1.54) is 43.6 Å². The number of aromatic nitrogens is 1. The van der Waals surface area contributed by atoms with E-state index in [1.54, 1.807) is 17.4 Å². The Morgan fingerprint density at radius 1 is 1.19 bits per heavy atom. The summed E-state index contributed by atoms with van der Waals surface area (Å²) in [6, 6.07) is 16.8. The van der Waals surface area contributed by atoms with Crippen LogP contribution in [0.25, 0.3) is 21.4 Å². The zero-order chi connectivity index (χ0) is 25.2. The molecule has 5 nitrogen and oxygen atoms in total. The molecular formula is C28H24N2O3S3. The molecule has 36 heavy (non-hydrogen) atoms. The van der Waals surface area contributed by atoms with Crippen molar-refractivity contribution in [2.24, 2.45) is 0 Å². The quantitative estimate of drug-likeness (QED) is 0.252. The zero-order valence-electron chi connectivity index (χ0n) is 19.6. The van der Waals surface area contributed by atoms with E-state index < -0.39 is 5.97 Å². The Labute approximate surface area is 223 Å². The van der Waals surface area contributed by atoms with Gasteiger partial charge in [-0.25, -0.2) is 4.98 Å². The van der Waals surface area contributed by atoms with E-state index in [-0.39, 0.29) is 24.8 Å². The van der Waals surface area contributed by atoms with Crippen LogP contribution in [-0.4, -0.2) is 37.7 Å². The molecule has 1 aromatic heterocycles. The maximum atomic E-state index is 12.7. The fourth-order valence-electron chi connectivity index (χ4n) is 4.76. The van der Waals surface area contributed by atoms with Crippen LogP contribution in [-0.2, 0) is 9.59 Å². The van der Waals surface area contributed by atoms with E-state index in [0.717, 1.165) is 23.4 Å². The number of carbonyl (C=O) groups is 2. The maximum absolute atomic E-state index is 12.7. The van der Waals surface area contributed by atoms with Crippen LogP contribution in [0.3, 0.4) is 0 Å². The molecule has 0 spiro atoms. The molecule has 0 bridgehead atoms. The Balaban J connectivity index is 1.41. The summed E-state index contributed by atoms with van der Waals surface area (Å²) in [4.78, 5) is 30.4. The summed E-state index contributed by atoms with van der Waals surface area (Å²) in [5.41, 5.74) is 6.28. The van der Waals surface area contributed by atoms with E-state index in [2.05, 4.69) is 49.4 Å². The van der Waals surface area contributed by atoms with Crippen LogP contribution in [0.2, 0.25) is 0 Å². The molecule has 2 aromatic carbocycles. The summed E-state index contributed by atoms with van der Waals surface area (Å²) in [6.07, 6.45) is 7.37. The van der Waals surface area contributed by atoms with Gasteiger partial charge in [-0.1, -0.05) is 79.5 Å². The van der Waals surface area contributed by atoms with Gasteiger partial charge in [-0.15, -0.1) is 11.3 Å². The van der Waals surface area contributed by atoms with Gasteiger partial charge in [0.05, 0.1) is 21.5 Å². The zero-order valence-corrected chi connectivity index (χ0v) is 22.1. The Kier molecular flexibility index (Phi) is 7.18. The molecule has 182 valence electrons. The Hall–Kier alpha value is -3.07. The largest absolute Gasteiger partial charge is 0.481 e. The van der Waals surface area contributed by atoms with Gasteiger partial charge in [0, 0.05) is 12.5 Å². The molecular weight excluding hydrogens is 509 g/mol. The number of carbonyl (C=O) groups excluding carboxylic acids is 1. The third kappa shape index (κ3) is 4.68. The number of carboxylic acid groups (broad SMARTS) is 1. The van der Waals surface area contributed by atoms with Gasteiger partial charge in [-0.05, 0) is 53.3 Å². The van der Waals surface area contributed by atoms with Crippen LogP contribution in [0.15, 0.2) is 71.7 Å². The normalized spacial score (nSPS) is 18.9. The molecule has 2 heterocycles. The predicted molar refractivity (Wildman–Crippen MR) is 152 cm³/mol. The number of hydrogen-bond donors (Lipinski definition) is 1. The van der Waals surface area contributed by atoms with Crippen LogP contribution in [0.5, 0.6) is 0 Å². The van der Waals surface area contributed by atoms with Crippen LogP contribution >= 0.6 is 35.3 Å². The molecule has 1 atom stereocenters. The summed E-state index contributed by atoms with van der Waals surface area (Å²) in [6.45, 7) is 2.29. The molecule has 1 aliphatic carbocycles. The number of allylic oxidation sites excluding steroid dienone is 5. The summed E-state index contributed by atoms with van der Waals surface area (Å²) in [5, 5.41) is 9.99. The Morgan fingerprint density at radius 2 is 1.97 bits per heavy atom. The number of amides is 1. The van der Waals surface area contributed by atoms with Crippen molar-refractivity contribution in [2.75, 3.05) is 6.54 Å². The van der Waals surface area contributed by atoms with Gasteiger partial charge in [-0.2, -0.15) is 0 Å². The minimum Gasteiger partial charge on any atom is -0.481 e. The molecule has 5 rings (SSSR count). The monoisotopic (exact) mass is 532 g/mol. The molecule has 1 fully saturated rings. The molecule has 1 aliphatic heterocycles. The van der Waals surface area contributed by atoms with Gasteiger partial charge < -0.3 is 5.11 Å². The van der Waals surface area contributed by atoms with Gasteiger partial charge in [-0.3, -0.25) is 14.5 Å². The minimum absolute atomic E-state index is 0.0933. The van der Waals surface area contributed by atoms with E-state index >= 15 is 0 Å². The van der Waals surface area contributed by atoms with E-state index in [4.69, 9.17) is 22.3 Å². The minimum atomic E-state index is -0.951. The number of fused-ring (bicyclic) bond motifs is 2. The van der Waals surface area contributed by atoms with Crippen LogP contribution in [0.4, 0.5) is 0 Å². The Morgan fingerprint density at radius 3 is 2.75 bits per heavy atom. The highest BCUT2D eigenvalue weighted by molar-refractivity contribution is 8.26. The number of rotatable bonds is 8. The molecule has 1 N–H and O–H groups in total. The fourth-order valence-corrected chi connectivity index (χ4v) is 7.12. The second-order valence-corrected chi connectivity index (χ2v) is 11.2. The molecule has 0 saturated carbocycles. The first kappa shape index (κ1) is 24.6. The second-order valence-electron chi connectivity index (χ2n) is 8.54. The van der Waals surface area contributed by atoms with E-state index in [9.17, 15) is 9.59 Å². The van der Waals surface area contributed by atoms with Crippen molar-refractivity contribution in [1.29, 1.82) is 0 Å². The van der Waals surface area contributed by atoms with Gasteiger partial charge >= 0.3 is 5.97 Å². The molecule has 0 radical (unpaired) electrons.